The second-order valence-corrected chi connectivity index (χ2v) is 5.76. The van der Waals surface area contributed by atoms with E-state index >= 15 is 0 Å². The quantitative estimate of drug-likeness (QED) is 0.594. The first-order chi connectivity index (χ1) is 8.63. The summed E-state index contributed by atoms with van der Waals surface area (Å²) in [5, 5.41) is 11.6. The summed E-state index contributed by atoms with van der Waals surface area (Å²) in [5.74, 6) is 0.184. The lowest BCUT2D eigenvalue weighted by molar-refractivity contribution is 0.477. The van der Waals surface area contributed by atoms with Crippen LogP contribution in [0.4, 0.5) is 0 Å². The van der Waals surface area contributed by atoms with Crippen LogP contribution >= 0.6 is 34.2 Å². The average molecular weight is 370 g/mol. The number of phenols is 1. The highest BCUT2D eigenvalue weighted by atomic mass is 127. The Morgan fingerprint density at radius 3 is 2.67 bits per heavy atom. The molecule has 3 aromatic rings. The van der Waals surface area contributed by atoms with E-state index in [4.69, 9.17) is 11.6 Å². The molecule has 18 heavy (non-hydrogen) atoms. The van der Waals surface area contributed by atoms with Crippen molar-refractivity contribution < 1.29 is 5.11 Å². The number of phenolic OH excluding ortho intramolecular Hbond substituents is 1. The minimum absolute atomic E-state index is 0.184. The number of fused-ring (bicyclic) bond motifs is 1. The normalized spacial score (nSPS) is 11.0. The summed E-state index contributed by atoms with van der Waals surface area (Å²) in [6.07, 6.45) is 0. The maximum atomic E-state index is 9.92. The summed E-state index contributed by atoms with van der Waals surface area (Å²) < 4.78 is 1.19. The molecular formula is C14H9ClINO. The fourth-order valence-electron chi connectivity index (χ4n) is 1.98. The summed E-state index contributed by atoms with van der Waals surface area (Å²) >= 11 is 8.11. The van der Waals surface area contributed by atoms with Gasteiger partial charge in [-0.2, -0.15) is 0 Å². The van der Waals surface area contributed by atoms with Gasteiger partial charge in [0, 0.05) is 25.1 Å². The van der Waals surface area contributed by atoms with Crippen molar-refractivity contribution >= 4 is 45.1 Å². The fraction of sp³-hybridized carbons (Fsp3) is 0. The van der Waals surface area contributed by atoms with Gasteiger partial charge in [-0.1, -0.05) is 11.6 Å². The van der Waals surface area contributed by atoms with E-state index in [9.17, 15) is 5.11 Å². The van der Waals surface area contributed by atoms with Crippen molar-refractivity contribution in [2.75, 3.05) is 0 Å². The van der Waals surface area contributed by atoms with Crippen molar-refractivity contribution in [3.63, 3.8) is 0 Å². The first-order valence-electron chi connectivity index (χ1n) is 5.40. The number of H-pyrrole nitrogens is 1. The van der Waals surface area contributed by atoms with Gasteiger partial charge in [0.2, 0.25) is 0 Å². The monoisotopic (exact) mass is 369 g/mol. The van der Waals surface area contributed by atoms with Gasteiger partial charge in [-0.3, -0.25) is 0 Å². The summed E-state index contributed by atoms with van der Waals surface area (Å²) in [5.41, 5.74) is 2.70. The molecular weight excluding hydrogens is 361 g/mol. The number of rotatable bonds is 1. The lowest BCUT2D eigenvalue weighted by atomic mass is 10.1. The molecule has 0 unspecified atom stereocenters. The number of aromatic nitrogens is 1. The molecule has 2 nitrogen and oxygen atoms in total. The van der Waals surface area contributed by atoms with E-state index < -0.39 is 0 Å². The molecule has 0 fully saturated rings. The van der Waals surface area contributed by atoms with E-state index in [2.05, 4.69) is 33.6 Å². The number of hydrogen-bond acceptors (Lipinski definition) is 1. The number of aromatic amines is 1. The van der Waals surface area contributed by atoms with Gasteiger partial charge in [-0.15, -0.1) is 0 Å². The Labute approximate surface area is 123 Å². The lowest BCUT2D eigenvalue weighted by Gasteiger charge is -2.01. The minimum atomic E-state index is 0.184. The van der Waals surface area contributed by atoms with Crippen LogP contribution in [-0.4, -0.2) is 10.1 Å². The molecule has 0 aliphatic heterocycles. The Morgan fingerprint density at radius 1 is 1.06 bits per heavy atom. The lowest BCUT2D eigenvalue weighted by Crippen LogP contribution is -1.78. The van der Waals surface area contributed by atoms with Crippen LogP contribution in [0.5, 0.6) is 5.75 Å². The van der Waals surface area contributed by atoms with Gasteiger partial charge in [0.1, 0.15) is 5.75 Å². The van der Waals surface area contributed by atoms with Crippen LogP contribution in [-0.2, 0) is 0 Å². The summed E-state index contributed by atoms with van der Waals surface area (Å²) in [6, 6.07) is 13.3. The third kappa shape index (κ3) is 2.08. The van der Waals surface area contributed by atoms with Crippen molar-refractivity contribution in [3.05, 3.63) is 51.1 Å². The van der Waals surface area contributed by atoms with E-state index in [1.165, 1.54) is 3.57 Å². The Bertz CT molecular complexity index is 736. The number of nitrogens with one attached hydrogen (secondary N) is 1. The molecule has 0 aliphatic rings. The van der Waals surface area contributed by atoms with Gasteiger partial charge >= 0.3 is 0 Å². The zero-order valence-electron chi connectivity index (χ0n) is 9.24. The van der Waals surface area contributed by atoms with Crippen molar-refractivity contribution in [3.8, 4) is 17.0 Å². The van der Waals surface area contributed by atoms with Crippen LogP contribution in [0.15, 0.2) is 42.5 Å². The SMILES string of the molecule is Oc1cc(Cl)ccc1-c1cc2cc(I)ccc2[nH]1. The van der Waals surface area contributed by atoms with Gasteiger partial charge < -0.3 is 10.1 Å². The number of halogens is 2. The zero-order valence-corrected chi connectivity index (χ0v) is 12.2. The van der Waals surface area contributed by atoms with Crippen LogP contribution in [0.25, 0.3) is 22.2 Å². The molecule has 0 aliphatic carbocycles. The van der Waals surface area contributed by atoms with Crippen molar-refractivity contribution in [2.45, 2.75) is 0 Å². The van der Waals surface area contributed by atoms with Crippen LogP contribution in [0.3, 0.4) is 0 Å². The van der Waals surface area contributed by atoms with Crippen LogP contribution in [0.1, 0.15) is 0 Å². The van der Waals surface area contributed by atoms with Gasteiger partial charge in [-0.05, 0) is 65.1 Å². The Morgan fingerprint density at radius 2 is 1.89 bits per heavy atom. The fourth-order valence-corrected chi connectivity index (χ4v) is 2.66. The third-order valence-electron chi connectivity index (χ3n) is 2.83. The van der Waals surface area contributed by atoms with Gasteiger partial charge in [0.25, 0.3) is 0 Å². The largest absolute Gasteiger partial charge is 0.507 e. The predicted octanol–water partition coefficient (Wildman–Crippen LogP) is 4.80. The molecule has 1 aromatic heterocycles. The number of hydrogen-bond donors (Lipinski definition) is 2. The van der Waals surface area contributed by atoms with Crippen molar-refractivity contribution in [1.29, 1.82) is 0 Å². The molecule has 90 valence electrons. The van der Waals surface area contributed by atoms with Gasteiger partial charge in [-0.25, -0.2) is 0 Å². The van der Waals surface area contributed by atoms with E-state index in [0.717, 1.165) is 22.2 Å². The van der Waals surface area contributed by atoms with E-state index in [1.807, 2.05) is 24.3 Å². The first kappa shape index (κ1) is 11.9. The summed E-state index contributed by atoms with van der Waals surface area (Å²) in [4.78, 5) is 3.29. The number of benzene rings is 2. The van der Waals surface area contributed by atoms with E-state index in [1.54, 1.807) is 12.1 Å². The maximum Gasteiger partial charge on any atom is 0.126 e. The standard InChI is InChI=1S/C14H9ClINO/c15-9-1-3-11(14(18)7-9)13-6-8-5-10(16)2-4-12(8)17-13/h1-7,17-18H. The highest BCUT2D eigenvalue weighted by Crippen LogP contribution is 2.33. The molecule has 2 N–H and O–H groups in total. The summed E-state index contributed by atoms with van der Waals surface area (Å²) in [6.45, 7) is 0. The van der Waals surface area contributed by atoms with Gasteiger partial charge in [0.15, 0.2) is 0 Å². The molecule has 0 bridgehead atoms. The Hall–Kier alpha value is -1.20. The van der Waals surface area contributed by atoms with Crippen LogP contribution in [0, 0.1) is 3.57 Å². The average Bonchev–Trinajstić information content (AvgIpc) is 2.71. The van der Waals surface area contributed by atoms with E-state index in [0.29, 0.717) is 5.02 Å². The topological polar surface area (TPSA) is 36.0 Å². The molecule has 0 saturated carbocycles. The van der Waals surface area contributed by atoms with Crippen molar-refractivity contribution in [2.24, 2.45) is 0 Å². The third-order valence-corrected chi connectivity index (χ3v) is 3.74. The molecule has 0 radical (unpaired) electrons. The summed E-state index contributed by atoms with van der Waals surface area (Å²) in [7, 11) is 0. The second kappa shape index (κ2) is 4.48. The van der Waals surface area contributed by atoms with Crippen LogP contribution in [0.2, 0.25) is 5.02 Å². The zero-order chi connectivity index (χ0) is 12.7. The molecule has 0 amide bonds. The Kier molecular flexibility index (Phi) is 2.95. The van der Waals surface area contributed by atoms with Gasteiger partial charge in [0.05, 0.1) is 5.69 Å². The maximum absolute atomic E-state index is 9.92. The molecule has 0 spiro atoms. The Balaban J connectivity index is 2.19. The molecule has 2 aromatic carbocycles. The molecule has 3 rings (SSSR count). The molecule has 0 saturated heterocycles. The molecule has 1 heterocycles. The van der Waals surface area contributed by atoms with E-state index in [-0.39, 0.29) is 5.75 Å². The highest BCUT2D eigenvalue weighted by Gasteiger charge is 2.08. The van der Waals surface area contributed by atoms with Crippen LogP contribution < -0.4 is 0 Å². The van der Waals surface area contributed by atoms with Crippen molar-refractivity contribution in [1.82, 2.24) is 4.98 Å². The minimum Gasteiger partial charge on any atom is -0.507 e. The first-order valence-corrected chi connectivity index (χ1v) is 6.86. The second-order valence-electron chi connectivity index (χ2n) is 4.08. The molecule has 4 heteroatoms. The predicted molar refractivity (Wildman–Crippen MR) is 83.1 cm³/mol. The highest BCUT2D eigenvalue weighted by molar-refractivity contribution is 14.1. The molecule has 0 atom stereocenters. The smallest absolute Gasteiger partial charge is 0.126 e. The number of aromatic hydroxyl groups is 1.